The van der Waals surface area contributed by atoms with Crippen molar-refractivity contribution < 1.29 is 9.90 Å². The summed E-state index contributed by atoms with van der Waals surface area (Å²) < 4.78 is 0. The first-order chi connectivity index (χ1) is 8.09. The van der Waals surface area contributed by atoms with Crippen LogP contribution in [-0.4, -0.2) is 34.7 Å². The number of rotatable bonds is 3. The predicted molar refractivity (Wildman–Crippen MR) is 72.9 cm³/mol. The van der Waals surface area contributed by atoms with E-state index in [4.69, 9.17) is 0 Å². The van der Waals surface area contributed by atoms with Crippen LogP contribution in [0.5, 0.6) is 0 Å². The lowest BCUT2D eigenvalue weighted by atomic mass is 9.97. The third kappa shape index (κ3) is 3.47. The maximum Gasteiger partial charge on any atom is 0.261 e. The number of carbonyl (C=O) groups excluding carboxylic acids is 1. The Kier molecular flexibility index (Phi) is 4.12. The molecule has 1 fully saturated rings. The molecule has 0 atom stereocenters. The molecule has 0 bridgehead atoms. The van der Waals surface area contributed by atoms with Gasteiger partial charge in [0.15, 0.2) is 0 Å². The van der Waals surface area contributed by atoms with E-state index in [2.05, 4.69) is 5.32 Å². The van der Waals surface area contributed by atoms with Crippen LogP contribution in [-0.2, 0) is 0 Å². The van der Waals surface area contributed by atoms with Gasteiger partial charge < -0.3 is 10.4 Å². The maximum absolute atomic E-state index is 11.8. The molecule has 1 aromatic rings. The fourth-order valence-corrected chi connectivity index (χ4v) is 3.85. The van der Waals surface area contributed by atoms with Gasteiger partial charge in [0.1, 0.15) is 0 Å². The van der Waals surface area contributed by atoms with Gasteiger partial charge in [-0.1, -0.05) is 0 Å². The van der Waals surface area contributed by atoms with Gasteiger partial charge in [-0.05, 0) is 43.4 Å². The minimum absolute atomic E-state index is 0.0743. The molecule has 1 aliphatic heterocycles. The molecule has 2 N–H and O–H groups in total. The van der Waals surface area contributed by atoms with E-state index >= 15 is 0 Å². The lowest BCUT2D eigenvalue weighted by molar-refractivity contribution is 0.0312. The van der Waals surface area contributed by atoms with Crippen molar-refractivity contribution in [2.24, 2.45) is 0 Å². The average molecular weight is 271 g/mol. The zero-order valence-electron chi connectivity index (χ0n) is 9.86. The molecule has 1 saturated heterocycles. The van der Waals surface area contributed by atoms with E-state index in [1.165, 1.54) is 11.3 Å². The second kappa shape index (κ2) is 5.42. The third-order valence-electron chi connectivity index (χ3n) is 2.97. The van der Waals surface area contributed by atoms with Crippen molar-refractivity contribution >= 4 is 29.0 Å². The van der Waals surface area contributed by atoms with Gasteiger partial charge in [0.05, 0.1) is 10.5 Å². The lowest BCUT2D eigenvalue weighted by Crippen LogP contribution is -2.45. The highest BCUT2D eigenvalue weighted by Crippen LogP contribution is 2.26. The first-order valence-corrected chi connectivity index (χ1v) is 7.71. The molecule has 5 heteroatoms. The minimum atomic E-state index is -0.701. The molecule has 2 heterocycles. The second-order valence-corrected chi connectivity index (χ2v) is 6.94. The SMILES string of the molecule is Cc1ccc(C(=O)NCC2(O)CCSCC2)s1. The van der Waals surface area contributed by atoms with Gasteiger partial charge >= 0.3 is 0 Å². The van der Waals surface area contributed by atoms with Gasteiger partial charge in [-0.25, -0.2) is 0 Å². The van der Waals surface area contributed by atoms with Crippen LogP contribution in [0.25, 0.3) is 0 Å². The van der Waals surface area contributed by atoms with Crippen molar-refractivity contribution in [3.63, 3.8) is 0 Å². The Morgan fingerprint density at radius 1 is 1.47 bits per heavy atom. The topological polar surface area (TPSA) is 49.3 Å². The predicted octanol–water partition coefficient (Wildman–Crippen LogP) is 2.04. The summed E-state index contributed by atoms with van der Waals surface area (Å²) >= 11 is 3.34. The van der Waals surface area contributed by atoms with Crippen LogP contribution in [0.4, 0.5) is 0 Å². The van der Waals surface area contributed by atoms with E-state index in [1.807, 2.05) is 30.8 Å². The Bertz CT molecular complexity index is 397. The van der Waals surface area contributed by atoms with Crippen molar-refractivity contribution in [2.75, 3.05) is 18.1 Å². The van der Waals surface area contributed by atoms with Gasteiger partial charge in [0.25, 0.3) is 5.91 Å². The second-order valence-electron chi connectivity index (χ2n) is 4.43. The van der Waals surface area contributed by atoms with Crippen LogP contribution in [0.1, 0.15) is 27.4 Å². The Labute approximate surface area is 110 Å². The molecular formula is C12H17NO2S2. The molecule has 94 valence electrons. The summed E-state index contributed by atoms with van der Waals surface area (Å²) in [7, 11) is 0. The van der Waals surface area contributed by atoms with Gasteiger partial charge in [0.2, 0.25) is 0 Å². The van der Waals surface area contributed by atoms with Gasteiger partial charge in [-0.3, -0.25) is 4.79 Å². The summed E-state index contributed by atoms with van der Waals surface area (Å²) in [5, 5.41) is 13.1. The van der Waals surface area contributed by atoms with E-state index in [-0.39, 0.29) is 5.91 Å². The summed E-state index contributed by atoms with van der Waals surface area (Å²) in [5.41, 5.74) is -0.701. The van der Waals surface area contributed by atoms with Gasteiger partial charge in [-0.2, -0.15) is 11.8 Å². The van der Waals surface area contributed by atoms with Crippen LogP contribution in [0.15, 0.2) is 12.1 Å². The molecule has 0 radical (unpaired) electrons. The highest BCUT2D eigenvalue weighted by atomic mass is 32.2. The first kappa shape index (κ1) is 12.9. The van der Waals surface area contributed by atoms with Crippen LogP contribution >= 0.6 is 23.1 Å². The van der Waals surface area contributed by atoms with E-state index in [0.717, 1.165) is 34.1 Å². The summed E-state index contributed by atoms with van der Waals surface area (Å²) in [5.74, 6) is 1.88. The number of hydrogen-bond donors (Lipinski definition) is 2. The van der Waals surface area contributed by atoms with Crippen LogP contribution < -0.4 is 5.32 Å². The quantitative estimate of drug-likeness (QED) is 0.884. The summed E-state index contributed by atoms with van der Waals surface area (Å²) in [6.45, 7) is 2.34. The standard InChI is InChI=1S/C12H17NO2S2/c1-9-2-3-10(17-9)11(14)13-8-12(15)4-6-16-7-5-12/h2-3,15H,4-8H2,1H3,(H,13,14). The normalized spacial score (nSPS) is 18.9. The van der Waals surface area contributed by atoms with E-state index in [1.54, 1.807) is 0 Å². The Morgan fingerprint density at radius 3 is 2.76 bits per heavy atom. The zero-order chi connectivity index (χ0) is 12.3. The van der Waals surface area contributed by atoms with Crippen molar-refractivity contribution in [1.29, 1.82) is 0 Å². The molecule has 0 unspecified atom stereocenters. The van der Waals surface area contributed by atoms with Crippen LogP contribution in [0, 0.1) is 6.92 Å². The molecule has 2 rings (SSSR count). The molecule has 0 spiro atoms. The Balaban J connectivity index is 1.87. The molecule has 3 nitrogen and oxygen atoms in total. The number of hydrogen-bond acceptors (Lipinski definition) is 4. The summed E-state index contributed by atoms with van der Waals surface area (Å²) in [4.78, 5) is 13.7. The Hall–Kier alpha value is -0.520. The molecule has 17 heavy (non-hydrogen) atoms. The number of nitrogens with one attached hydrogen (secondary N) is 1. The summed E-state index contributed by atoms with van der Waals surface area (Å²) in [6.07, 6.45) is 1.53. The molecule has 1 aromatic heterocycles. The zero-order valence-corrected chi connectivity index (χ0v) is 11.5. The number of aryl methyl sites for hydroxylation is 1. The molecule has 0 saturated carbocycles. The fraction of sp³-hybridized carbons (Fsp3) is 0.583. The highest BCUT2D eigenvalue weighted by molar-refractivity contribution is 7.99. The summed E-state index contributed by atoms with van der Waals surface area (Å²) in [6, 6.07) is 3.77. The number of thiophene rings is 1. The maximum atomic E-state index is 11.8. The monoisotopic (exact) mass is 271 g/mol. The average Bonchev–Trinajstić information content (AvgIpc) is 2.74. The molecular weight excluding hydrogens is 254 g/mol. The first-order valence-electron chi connectivity index (χ1n) is 5.74. The highest BCUT2D eigenvalue weighted by Gasteiger charge is 2.29. The van der Waals surface area contributed by atoms with Crippen molar-refractivity contribution in [3.05, 3.63) is 21.9 Å². The van der Waals surface area contributed by atoms with E-state index in [0.29, 0.717) is 6.54 Å². The number of thioether (sulfide) groups is 1. The number of aliphatic hydroxyl groups is 1. The number of amides is 1. The smallest absolute Gasteiger partial charge is 0.261 e. The number of carbonyl (C=O) groups is 1. The fourth-order valence-electron chi connectivity index (χ4n) is 1.82. The Morgan fingerprint density at radius 2 is 2.18 bits per heavy atom. The van der Waals surface area contributed by atoms with E-state index < -0.39 is 5.60 Å². The largest absolute Gasteiger partial charge is 0.388 e. The van der Waals surface area contributed by atoms with Crippen molar-refractivity contribution in [2.45, 2.75) is 25.4 Å². The van der Waals surface area contributed by atoms with Gasteiger partial charge in [-0.15, -0.1) is 11.3 Å². The van der Waals surface area contributed by atoms with Crippen LogP contribution in [0.3, 0.4) is 0 Å². The lowest BCUT2D eigenvalue weighted by Gasteiger charge is -2.31. The molecule has 0 aromatic carbocycles. The van der Waals surface area contributed by atoms with Gasteiger partial charge in [0, 0.05) is 11.4 Å². The van der Waals surface area contributed by atoms with Crippen LogP contribution in [0.2, 0.25) is 0 Å². The van der Waals surface area contributed by atoms with E-state index in [9.17, 15) is 9.90 Å². The third-order valence-corrected chi connectivity index (χ3v) is 4.95. The minimum Gasteiger partial charge on any atom is -0.388 e. The molecule has 1 amide bonds. The van der Waals surface area contributed by atoms with Crippen molar-refractivity contribution in [3.8, 4) is 0 Å². The molecule has 1 aliphatic rings. The molecule has 0 aliphatic carbocycles. The van der Waals surface area contributed by atoms with Crippen molar-refractivity contribution in [1.82, 2.24) is 5.32 Å².